The Hall–Kier alpha value is -2.14. The zero-order valence-electron chi connectivity index (χ0n) is 12.5. The standard InChI is InChI=1S/C14H12BrF2N3O4S/c15-10-4-2-1-3-9(10)8-25(23,24)20(7-11(16)17)13-12(14(21)22)18-5-6-19-13/h1-6,11H,7-8H2,(H,21,22). The van der Waals surface area contributed by atoms with Gasteiger partial charge in [0.25, 0.3) is 6.43 Å². The molecule has 0 aliphatic heterocycles. The van der Waals surface area contributed by atoms with Crippen LogP contribution in [0, 0.1) is 0 Å². The van der Waals surface area contributed by atoms with Crippen LogP contribution in [-0.4, -0.2) is 42.4 Å². The molecule has 1 aromatic heterocycles. The lowest BCUT2D eigenvalue weighted by atomic mass is 10.2. The lowest BCUT2D eigenvalue weighted by Crippen LogP contribution is -2.38. The Morgan fingerprint density at radius 3 is 2.48 bits per heavy atom. The number of halogens is 3. The van der Waals surface area contributed by atoms with Crippen LogP contribution in [0.15, 0.2) is 41.1 Å². The Balaban J connectivity index is 2.50. The van der Waals surface area contributed by atoms with Gasteiger partial charge in [-0.25, -0.2) is 36.3 Å². The topological polar surface area (TPSA) is 100 Å². The average Bonchev–Trinajstić information content (AvgIpc) is 2.54. The summed E-state index contributed by atoms with van der Waals surface area (Å²) >= 11 is 3.19. The van der Waals surface area contributed by atoms with E-state index >= 15 is 0 Å². The van der Waals surface area contributed by atoms with Crippen molar-refractivity contribution in [2.24, 2.45) is 0 Å². The molecule has 0 aliphatic carbocycles. The number of nitrogens with zero attached hydrogens (tertiary/aromatic N) is 3. The first-order valence-electron chi connectivity index (χ1n) is 6.78. The molecule has 0 fully saturated rings. The number of carbonyl (C=O) groups is 1. The maximum Gasteiger partial charge on any atom is 0.358 e. The Morgan fingerprint density at radius 2 is 1.88 bits per heavy atom. The zero-order valence-corrected chi connectivity index (χ0v) is 14.9. The van der Waals surface area contributed by atoms with Gasteiger partial charge < -0.3 is 5.11 Å². The number of rotatable bonds is 7. The van der Waals surface area contributed by atoms with Gasteiger partial charge in [-0.1, -0.05) is 34.1 Å². The number of alkyl halides is 2. The van der Waals surface area contributed by atoms with Crippen molar-refractivity contribution < 1.29 is 27.1 Å². The molecule has 0 amide bonds. The van der Waals surface area contributed by atoms with E-state index in [9.17, 15) is 22.0 Å². The minimum absolute atomic E-state index is 0.285. The normalized spacial score (nSPS) is 11.5. The van der Waals surface area contributed by atoms with Gasteiger partial charge in [-0.3, -0.25) is 0 Å². The molecule has 0 saturated carbocycles. The van der Waals surface area contributed by atoms with Crippen molar-refractivity contribution in [2.45, 2.75) is 12.2 Å². The van der Waals surface area contributed by atoms with Crippen molar-refractivity contribution in [3.05, 3.63) is 52.4 Å². The number of hydrogen-bond acceptors (Lipinski definition) is 5. The number of aromatic carboxylic acids is 1. The Labute approximate surface area is 150 Å². The molecule has 2 rings (SSSR count). The van der Waals surface area contributed by atoms with Crippen LogP contribution in [0.4, 0.5) is 14.6 Å². The zero-order chi connectivity index (χ0) is 18.6. The number of anilines is 1. The molecular formula is C14H12BrF2N3O4S. The fraction of sp³-hybridized carbons (Fsp3) is 0.214. The Kier molecular flexibility index (Phi) is 6.01. The molecule has 0 atom stereocenters. The molecule has 1 heterocycles. The van der Waals surface area contributed by atoms with Crippen LogP contribution in [-0.2, 0) is 15.8 Å². The summed E-state index contributed by atoms with van der Waals surface area (Å²) in [4.78, 5) is 18.4. The minimum Gasteiger partial charge on any atom is -0.476 e. The number of sulfonamides is 1. The Morgan fingerprint density at radius 1 is 1.24 bits per heavy atom. The smallest absolute Gasteiger partial charge is 0.358 e. The molecule has 7 nitrogen and oxygen atoms in total. The van der Waals surface area contributed by atoms with E-state index in [1.165, 1.54) is 6.07 Å². The van der Waals surface area contributed by atoms with Gasteiger partial charge in [-0.05, 0) is 11.6 Å². The lowest BCUT2D eigenvalue weighted by Gasteiger charge is -2.24. The van der Waals surface area contributed by atoms with Crippen molar-refractivity contribution >= 4 is 37.7 Å². The summed E-state index contributed by atoms with van der Waals surface area (Å²) in [5.41, 5.74) is -0.388. The summed E-state index contributed by atoms with van der Waals surface area (Å²) in [5, 5.41) is 9.13. The second kappa shape index (κ2) is 7.83. The lowest BCUT2D eigenvalue weighted by molar-refractivity contribution is 0.0690. The highest BCUT2D eigenvalue weighted by Crippen LogP contribution is 2.25. The van der Waals surface area contributed by atoms with E-state index in [-0.39, 0.29) is 4.31 Å². The summed E-state index contributed by atoms with van der Waals surface area (Å²) in [5.74, 6) is -2.84. The SMILES string of the molecule is O=C(O)c1nccnc1N(CC(F)F)S(=O)(=O)Cc1ccccc1Br. The van der Waals surface area contributed by atoms with E-state index in [1.54, 1.807) is 18.2 Å². The minimum atomic E-state index is -4.34. The predicted octanol–water partition coefficient (Wildman–Crippen LogP) is 2.54. The third-order valence-electron chi connectivity index (χ3n) is 3.05. The van der Waals surface area contributed by atoms with Crippen molar-refractivity contribution in [1.82, 2.24) is 9.97 Å². The van der Waals surface area contributed by atoms with E-state index in [0.29, 0.717) is 10.0 Å². The third kappa shape index (κ3) is 4.69. The third-order valence-corrected chi connectivity index (χ3v) is 5.50. The van der Waals surface area contributed by atoms with Crippen LogP contribution in [0.1, 0.15) is 16.1 Å². The van der Waals surface area contributed by atoms with E-state index in [1.807, 2.05) is 0 Å². The van der Waals surface area contributed by atoms with Gasteiger partial charge >= 0.3 is 5.97 Å². The van der Waals surface area contributed by atoms with Crippen LogP contribution in [0.2, 0.25) is 0 Å². The molecule has 0 radical (unpaired) electrons. The van der Waals surface area contributed by atoms with E-state index in [4.69, 9.17) is 5.11 Å². The molecule has 134 valence electrons. The first-order valence-corrected chi connectivity index (χ1v) is 9.19. The van der Waals surface area contributed by atoms with Gasteiger partial charge in [0, 0.05) is 16.9 Å². The van der Waals surface area contributed by atoms with Crippen LogP contribution in [0.5, 0.6) is 0 Å². The van der Waals surface area contributed by atoms with Gasteiger partial charge in [-0.15, -0.1) is 0 Å². The van der Waals surface area contributed by atoms with Crippen molar-refractivity contribution in [1.29, 1.82) is 0 Å². The highest BCUT2D eigenvalue weighted by Gasteiger charge is 2.31. The molecule has 0 unspecified atom stereocenters. The van der Waals surface area contributed by atoms with Crippen LogP contribution in [0.3, 0.4) is 0 Å². The number of benzene rings is 1. The quantitative estimate of drug-likeness (QED) is 0.716. The first kappa shape index (κ1) is 19.2. The molecule has 2 aromatic rings. The van der Waals surface area contributed by atoms with Crippen molar-refractivity contribution in [2.75, 3.05) is 10.8 Å². The highest BCUT2D eigenvalue weighted by molar-refractivity contribution is 9.10. The molecular weight excluding hydrogens is 424 g/mol. The molecule has 0 saturated heterocycles. The summed E-state index contributed by atoms with van der Waals surface area (Å²) < 4.78 is 52.0. The highest BCUT2D eigenvalue weighted by atomic mass is 79.9. The van der Waals surface area contributed by atoms with Gasteiger partial charge in [0.15, 0.2) is 11.5 Å². The molecule has 0 aliphatic rings. The largest absolute Gasteiger partial charge is 0.476 e. The maximum absolute atomic E-state index is 12.9. The van der Waals surface area contributed by atoms with Gasteiger partial charge in [0.1, 0.15) is 0 Å². The van der Waals surface area contributed by atoms with Gasteiger partial charge in [-0.2, -0.15) is 0 Å². The van der Waals surface area contributed by atoms with Crippen molar-refractivity contribution in [3.8, 4) is 0 Å². The fourth-order valence-corrected chi connectivity index (χ4v) is 4.16. The number of carboxylic acids is 1. The average molecular weight is 436 g/mol. The summed E-state index contributed by atoms with van der Waals surface area (Å²) in [6, 6.07) is 6.38. The molecule has 11 heteroatoms. The van der Waals surface area contributed by atoms with Crippen LogP contribution >= 0.6 is 15.9 Å². The number of hydrogen-bond donors (Lipinski definition) is 1. The molecule has 1 N–H and O–H groups in total. The van der Waals surface area contributed by atoms with Crippen LogP contribution < -0.4 is 4.31 Å². The monoisotopic (exact) mass is 435 g/mol. The summed E-state index contributed by atoms with van der Waals surface area (Å²) in [6.45, 7) is -1.23. The van der Waals surface area contributed by atoms with E-state index in [2.05, 4.69) is 25.9 Å². The molecule has 25 heavy (non-hydrogen) atoms. The second-order valence-electron chi connectivity index (χ2n) is 4.80. The number of aromatic nitrogens is 2. The van der Waals surface area contributed by atoms with Gasteiger partial charge in [0.2, 0.25) is 10.0 Å². The van der Waals surface area contributed by atoms with E-state index in [0.717, 1.165) is 12.4 Å². The molecule has 0 bridgehead atoms. The van der Waals surface area contributed by atoms with E-state index < -0.39 is 46.2 Å². The maximum atomic E-state index is 12.9. The van der Waals surface area contributed by atoms with Gasteiger partial charge in [0.05, 0.1) is 12.3 Å². The first-order chi connectivity index (χ1) is 11.7. The van der Waals surface area contributed by atoms with Crippen LogP contribution in [0.25, 0.3) is 0 Å². The predicted molar refractivity (Wildman–Crippen MR) is 89.1 cm³/mol. The molecule has 1 aromatic carbocycles. The molecule has 0 spiro atoms. The van der Waals surface area contributed by atoms with Crippen molar-refractivity contribution in [3.63, 3.8) is 0 Å². The Bertz CT molecular complexity index is 880. The summed E-state index contributed by atoms with van der Waals surface area (Å²) in [6.07, 6.45) is -0.958. The second-order valence-corrected chi connectivity index (χ2v) is 7.55. The number of carboxylic acid groups (broad SMARTS) is 1. The fourth-order valence-electron chi connectivity index (χ4n) is 2.01. The summed E-state index contributed by atoms with van der Waals surface area (Å²) in [7, 11) is -4.34.